The van der Waals surface area contributed by atoms with Crippen LogP contribution in [-0.4, -0.2) is 12.1 Å². The van der Waals surface area contributed by atoms with E-state index in [9.17, 15) is 4.79 Å². The first-order valence-electron chi connectivity index (χ1n) is 13.4. The normalized spacial score (nSPS) is 11.1. The van der Waals surface area contributed by atoms with Crippen LogP contribution >= 0.6 is 0 Å². The molecule has 186 valence electrons. The van der Waals surface area contributed by atoms with E-state index in [1.54, 1.807) is 6.21 Å². The third-order valence-electron chi connectivity index (χ3n) is 6.02. The third-order valence-corrected chi connectivity index (χ3v) is 6.02. The van der Waals surface area contributed by atoms with Crippen LogP contribution in [0.5, 0.6) is 5.75 Å². The first kappa shape index (κ1) is 27.6. The molecule has 0 heterocycles. The van der Waals surface area contributed by atoms with Gasteiger partial charge in [-0.1, -0.05) is 126 Å². The molecule has 2 aromatic rings. The molecule has 0 saturated carbocycles. The van der Waals surface area contributed by atoms with E-state index >= 15 is 0 Å². The smallest absolute Gasteiger partial charge is 0.240 e. The van der Waals surface area contributed by atoms with E-state index in [1.165, 1.54) is 70.6 Å². The Hall–Kier alpha value is -2.62. The summed E-state index contributed by atoms with van der Waals surface area (Å²) < 4.78 is 5.84. The Morgan fingerprint density at radius 1 is 0.794 bits per heavy atom. The lowest BCUT2D eigenvalue weighted by Gasteiger charge is -2.06. The average molecular weight is 465 g/mol. The van der Waals surface area contributed by atoms with Crippen LogP contribution < -0.4 is 10.2 Å². The molecule has 34 heavy (non-hydrogen) atoms. The minimum Gasteiger partial charge on any atom is -0.489 e. The first-order valence-corrected chi connectivity index (χ1v) is 13.4. The number of rotatable bonds is 19. The molecule has 0 aliphatic heterocycles. The summed E-state index contributed by atoms with van der Waals surface area (Å²) >= 11 is 0. The Morgan fingerprint density at radius 2 is 1.41 bits per heavy atom. The van der Waals surface area contributed by atoms with Gasteiger partial charge in [0.05, 0.1) is 6.21 Å². The van der Waals surface area contributed by atoms with Gasteiger partial charge in [0, 0.05) is 6.42 Å². The molecule has 0 saturated heterocycles. The fourth-order valence-corrected chi connectivity index (χ4v) is 3.96. The quantitative estimate of drug-likeness (QED) is 0.129. The topological polar surface area (TPSA) is 50.7 Å². The van der Waals surface area contributed by atoms with E-state index in [1.807, 2.05) is 54.6 Å². The van der Waals surface area contributed by atoms with Crippen molar-refractivity contribution in [3.8, 4) is 5.75 Å². The molecular weight excluding hydrogens is 420 g/mol. The molecule has 0 bridgehead atoms. The SMILES string of the molecule is CCCCCCCCCCCCCCCC(=O)N/N=C/c1cccc(OCc2ccccc2)c1. The van der Waals surface area contributed by atoms with Crippen LogP contribution in [0.15, 0.2) is 59.7 Å². The summed E-state index contributed by atoms with van der Waals surface area (Å²) in [7, 11) is 0. The van der Waals surface area contributed by atoms with Crippen molar-refractivity contribution >= 4 is 12.1 Å². The molecule has 2 aromatic carbocycles. The maximum Gasteiger partial charge on any atom is 0.240 e. The Kier molecular flexibility index (Phi) is 15.2. The molecule has 0 unspecified atom stereocenters. The zero-order chi connectivity index (χ0) is 24.1. The molecule has 0 spiro atoms. The second kappa shape index (κ2) is 18.8. The molecule has 0 radical (unpaired) electrons. The lowest BCUT2D eigenvalue weighted by atomic mass is 10.0. The van der Waals surface area contributed by atoms with Crippen molar-refractivity contribution in [3.05, 3.63) is 65.7 Å². The molecule has 0 aliphatic rings. The monoisotopic (exact) mass is 464 g/mol. The van der Waals surface area contributed by atoms with Gasteiger partial charge in [-0.15, -0.1) is 0 Å². The van der Waals surface area contributed by atoms with Gasteiger partial charge in [-0.25, -0.2) is 5.43 Å². The minimum atomic E-state index is -0.0178. The Morgan fingerprint density at radius 3 is 2.06 bits per heavy atom. The highest BCUT2D eigenvalue weighted by Crippen LogP contribution is 2.15. The summed E-state index contributed by atoms with van der Waals surface area (Å²) in [5.74, 6) is 0.766. The predicted octanol–water partition coefficient (Wildman–Crippen LogP) is 8.20. The maximum atomic E-state index is 12.0. The number of benzene rings is 2. The number of nitrogens with zero attached hydrogens (tertiary/aromatic N) is 1. The van der Waals surface area contributed by atoms with Crippen molar-refractivity contribution in [1.82, 2.24) is 5.43 Å². The lowest BCUT2D eigenvalue weighted by molar-refractivity contribution is -0.121. The summed E-state index contributed by atoms with van der Waals surface area (Å²) in [6.45, 7) is 2.79. The van der Waals surface area contributed by atoms with Crippen molar-refractivity contribution in [2.75, 3.05) is 0 Å². The van der Waals surface area contributed by atoms with Crippen molar-refractivity contribution in [2.45, 2.75) is 103 Å². The van der Waals surface area contributed by atoms with Crippen LogP contribution in [-0.2, 0) is 11.4 Å². The molecule has 0 aromatic heterocycles. The average Bonchev–Trinajstić information content (AvgIpc) is 2.86. The van der Waals surface area contributed by atoms with Crippen molar-refractivity contribution < 1.29 is 9.53 Å². The van der Waals surface area contributed by atoms with Gasteiger partial charge in [0.2, 0.25) is 5.91 Å². The molecule has 1 N–H and O–H groups in total. The largest absolute Gasteiger partial charge is 0.489 e. The molecular formula is C30H44N2O2. The van der Waals surface area contributed by atoms with Gasteiger partial charge < -0.3 is 4.74 Å². The Bertz CT molecular complexity index is 804. The number of amides is 1. The third kappa shape index (κ3) is 13.8. The van der Waals surface area contributed by atoms with Crippen molar-refractivity contribution in [3.63, 3.8) is 0 Å². The molecule has 4 nitrogen and oxygen atoms in total. The number of carbonyl (C=O) groups is 1. The number of carbonyl (C=O) groups excluding carboxylic acids is 1. The highest BCUT2D eigenvalue weighted by molar-refractivity contribution is 5.82. The second-order valence-corrected chi connectivity index (χ2v) is 9.13. The van der Waals surface area contributed by atoms with Gasteiger partial charge >= 0.3 is 0 Å². The minimum absolute atomic E-state index is 0.0178. The lowest BCUT2D eigenvalue weighted by Crippen LogP contribution is -2.16. The zero-order valence-electron chi connectivity index (χ0n) is 21.1. The molecule has 4 heteroatoms. The zero-order valence-corrected chi connectivity index (χ0v) is 21.1. The highest BCUT2D eigenvalue weighted by Gasteiger charge is 2.01. The fourth-order valence-electron chi connectivity index (χ4n) is 3.96. The summed E-state index contributed by atoms with van der Waals surface area (Å²) in [5, 5.41) is 4.10. The van der Waals surface area contributed by atoms with E-state index in [-0.39, 0.29) is 5.91 Å². The summed E-state index contributed by atoms with van der Waals surface area (Å²) in [6, 6.07) is 17.8. The van der Waals surface area contributed by atoms with Crippen LogP contribution in [0.4, 0.5) is 0 Å². The van der Waals surface area contributed by atoms with Crippen LogP contribution in [0.25, 0.3) is 0 Å². The number of nitrogens with one attached hydrogen (secondary N) is 1. The predicted molar refractivity (Wildman–Crippen MR) is 143 cm³/mol. The van der Waals surface area contributed by atoms with Gasteiger partial charge in [-0.2, -0.15) is 5.10 Å². The first-order chi connectivity index (χ1) is 16.8. The van der Waals surface area contributed by atoms with Gasteiger partial charge in [-0.3, -0.25) is 4.79 Å². The van der Waals surface area contributed by atoms with Gasteiger partial charge in [-0.05, 0) is 29.7 Å². The summed E-state index contributed by atoms with van der Waals surface area (Å²) in [6.07, 6.45) is 19.2. The van der Waals surface area contributed by atoms with Crippen LogP contribution in [0.2, 0.25) is 0 Å². The number of ether oxygens (including phenoxy) is 1. The van der Waals surface area contributed by atoms with Crippen LogP contribution in [0, 0.1) is 0 Å². The van der Waals surface area contributed by atoms with E-state index in [0.29, 0.717) is 13.0 Å². The fraction of sp³-hybridized carbons (Fsp3) is 0.533. The molecule has 0 aliphatic carbocycles. The maximum absolute atomic E-state index is 12.0. The number of unbranched alkanes of at least 4 members (excludes halogenated alkanes) is 12. The molecule has 0 atom stereocenters. The van der Waals surface area contributed by atoms with E-state index in [2.05, 4.69) is 17.5 Å². The van der Waals surface area contributed by atoms with E-state index in [4.69, 9.17) is 4.74 Å². The summed E-state index contributed by atoms with van der Waals surface area (Å²) in [4.78, 5) is 12.0. The Balaban J connectivity index is 1.47. The molecule has 1 amide bonds. The van der Waals surface area contributed by atoms with E-state index < -0.39 is 0 Å². The van der Waals surface area contributed by atoms with Crippen molar-refractivity contribution in [2.24, 2.45) is 5.10 Å². The van der Waals surface area contributed by atoms with Crippen LogP contribution in [0.3, 0.4) is 0 Å². The van der Waals surface area contributed by atoms with Crippen LogP contribution in [0.1, 0.15) is 108 Å². The summed E-state index contributed by atoms with van der Waals surface area (Å²) in [5.41, 5.74) is 4.66. The molecule has 2 rings (SSSR count). The van der Waals surface area contributed by atoms with Crippen molar-refractivity contribution in [1.29, 1.82) is 0 Å². The van der Waals surface area contributed by atoms with Gasteiger partial charge in [0.25, 0.3) is 0 Å². The number of hydrogen-bond donors (Lipinski definition) is 1. The Labute approximate surface area is 207 Å². The number of hydrogen-bond acceptors (Lipinski definition) is 3. The number of hydrazone groups is 1. The second-order valence-electron chi connectivity index (χ2n) is 9.13. The highest BCUT2D eigenvalue weighted by atomic mass is 16.5. The van der Waals surface area contributed by atoms with Gasteiger partial charge in [0.1, 0.15) is 12.4 Å². The van der Waals surface area contributed by atoms with E-state index in [0.717, 1.165) is 29.7 Å². The standard InChI is InChI=1S/C30H44N2O2/c1-2-3-4-5-6-7-8-9-10-11-12-13-17-23-30(33)32-31-25-28-21-18-22-29(24-28)34-26-27-19-15-14-16-20-27/h14-16,18-22,24-25H,2-13,17,23,26H2,1H3,(H,32,33)/b31-25+. The molecule has 0 fully saturated rings. The van der Waals surface area contributed by atoms with Gasteiger partial charge in [0.15, 0.2) is 0 Å².